The van der Waals surface area contributed by atoms with Gasteiger partial charge in [0.25, 0.3) is 0 Å². The minimum atomic E-state index is 0.253. The molecule has 1 aromatic heterocycles. The number of ether oxygens (including phenoxy) is 1. The number of rotatable bonds is 7. The summed E-state index contributed by atoms with van der Waals surface area (Å²) in [4.78, 5) is 2.19. The Hall–Kier alpha value is -2.37. The van der Waals surface area contributed by atoms with Crippen molar-refractivity contribution < 1.29 is 4.74 Å². The maximum atomic E-state index is 5.25. The summed E-state index contributed by atoms with van der Waals surface area (Å²) in [5.74, 6) is 0.882. The van der Waals surface area contributed by atoms with Crippen LogP contribution in [-0.2, 0) is 6.54 Å². The second-order valence-electron chi connectivity index (χ2n) is 6.26. The summed E-state index contributed by atoms with van der Waals surface area (Å²) in [6.45, 7) is 1.73. The van der Waals surface area contributed by atoms with E-state index in [4.69, 9.17) is 4.74 Å². The monoisotopic (exact) mass is 324 g/mol. The van der Waals surface area contributed by atoms with Crippen LogP contribution in [0.25, 0.3) is 10.9 Å². The van der Waals surface area contributed by atoms with Crippen molar-refractivity contribution in [1.82, 2.24) is 20.4 Å². The topological polar surface area (TPSA) is 53.2 Å². The lowest BCUT2D eigenvalue weighted by molar-refractivity contribution is 0.340. The van der Waals surface area contributed by atoms with Crippen LogP contribution in [-0.4, -0.2) is 42.8 Å². The summed E-state index contributed by atoms with van der Waals surface area (Å²) in [5, 5.41) is 11.9. The molecule has 1 heterocycles. The van der Waals surface area contributed by atoms with Gasteiger partial charge in [0, 0.05) is 24.5 Å². The third-order valence-corrected chi connectivity index (χ3v) is 4.12. The number of nitrogens with zero attached hydrogens (tertiary/aromatic N) is 2. The summed E-state index contributed by atoms with van der Waals surface area (Å²) >= 11 is 0. The summed E-state index contributed by atoms with van der Waals surface area (Å²) in [5.41, 5.74) is 3.57. The van der Waals surface area contributed by atoms with E-state index in [1.165, 1.54) is 11.1 Å². The molecule has 0 radical (unpaired) electrons. The summed E-state index contributed by atoms with van der Waals surface area (Å²) in [6.07, 6.45) is 1.85. The number of hydrogen-bond donors (Lipinski definition) is 2. The number of likely N-dealkylation sites (N-methyl/N-ethyl adjacent to an activating group) is 1. The Morgan fingerprint density at radius 2 is 1.96 bits per heavy atom. The molecule has 0 fully saturated rings. The number of nitrogens with one attached hydrogen (secondary N) is 2. The average Bonchev–Trinajstić information content (AvgIpc) is 3.06. The zero-order chi connectivity index (χ0) is 16.9. The largest absolute Gasteiger partial charge is 0.497 e. The summed E-state index contributed by atoms with van der Waals surface area (Å²) in [7, 11) is 5.87. The van der Waals surface area contributed by atoms with Crippen molar-refractivity contribution in [1.29, 1.82) is 0 Å². The molecule has 126 valence electrons. The molecule has 2 aromatic carbocycles. The van der Waals surface area contributed by atoms with Gasteiger partial charge in [-0.1, -0.05) is 24.3 Å². The van der Waals surface area contributed by atoms with Gasteiger partial charge in [0.05, 0.1) is 18.8 Å². The Morgan fingerprint density at radius 1 is 1.17 bits per heavy atom. The molecule has 0 amide bonds. The van der Waals surface area contributed by atoms with Gasteiger partial charge in [-0.3, -0.25) is 5.10 Å². The molecule has 1 unspecified atom stereocenters. The molecule has 5 heteroatoms. The van der Waals surface area contributed by atoms with E-state index in [1.807, 2.05) is 18.3 Å². The van der Waals surface area contributed by atoms with Gasteiger partial charge in [-0.25, -0.2) is 0 Å². The standard InChI is InChI=1S/C19H24N4O/c1-23(2)13-19(15-6-8-17(24-3)9-7-15)20-11-14-4-5-16-12-21-22-18(16)10-14/h4-10,12,19-20H,11,13H2,1-3H3,(H,21,22). The highest BCUT2D eigenvalue weighted by Gasteiger charge is 2.12. The van der Waals surface area contributed by atoms with Crippen LogP contribution in [0, 0.1) is 0 Å². The number of hydrogen-bond acceptors (Lipinski definition) is 4. The van der Waals surface area contributed by atoms with Crippen molar-refractivity contribution in [2.24, 2.45) is 0 Å². The zero-order valence-corrected chi connectivity index (χ0v) is 14.4. The predicted octanol–water partition coefficient (Wildman–Crippen LogP) is 2.96. The number of benzene rings is 2. The van der Waals surface area contributed by atoms with Crippen molar-refractivity contribution in [2.75, 3.05) is 27.7 Å². The van der Waals surface area contributed by atoms with Crippen molar-refractivity contribution in [3.63, 3.8) is 0 Å². The second-order valence-corrected chi connectivity index (χ2v) is 6.26. The van der Waals surface area contributed by atoms with Crippen LogP contribution in [0.3, 0.4) is 0 Å². The van der Waals surface area contributed by atoms with Crippen molar-refractivity contribution in [2.45, 2.75) is 12.6 Å². The quantitative estimate of drug-likeness (QED) is 0.701. The summed E-state index contributed by atoms with van der Waals surface area (Å²) in [6, 6.07) is 14.9. The number of aromatic amines is 1. The van der Waals surface area contributed by atoms with Crippen LogP contribution in [0.5, 0.6) is 5.75 Å². The molecule has 3 aromatic rings. The van der Waals surface area contributed by atoms with E-state index >= 15 is 0 Å². The second kappa shape index (κ2) is 7.47. The van der Waals surface area contributed by atoms with E-state index in [-0.39, 0.29) is 6.04 Å². The normalized spacial score (nSPS) is 12.7. The molecular formula is C19H24N4O. The molecular weight excluding hydrogens is 300 g/mol. The Morgan fingerprint density at radius 3 is 2.67 bits per heavy atom. The first-order valence-electron chi connectivity index (χ1n) is 8.10. The fraction of sp³-hybridized carbons (Fsp3) is 0.316. The molecule has 3 rings (SSSR count). The third-order valence-electron chi connectivity index (χ3n) is 4.12. The van der Waals surface area contributed by atoms with Crippen LogP contribution >= 0.6 is 0 Å². The Bertz CT molecular complexity index is 779. The Balaban J connectivity index is 1.73. The predicted molar refractivity (Wildman–Crippen MR) is 97.2 cm³/mol. The third kappa shape index (κ3) is 3.93. The maximum absolute atomic E-state index is 5.25. The van der Waals surface area contributed by atoms with Crippen molar-refractivity contribution in [3.8, 4) is 5.75 Å². The lowest BCUT2D eigenvalue weighted by atomic mass is 10.1. The molecule has 0 aliphatic carbocycles. The van der Waals surface area contributed by atoms with Crippen LogP contribution < -0.4 is 10.1 Å². The van der Waals surface area contributed by atoms with E-state index in [0.717, 1.165) is 29.7 Å². The molecule has 0 aliphatic rings. The number of methoxy groups -OCH3 is 1. The van der Waals surface area contributed by atoms with Crippen LogP contribution in [0.2, 0.25) is 0 Å². The highest BCUT2D eigenvalue weighted by Crippen LogP contribution is 2.19. The SMILES string of the molecule is COc1ccc(C(CN(C)C)NCc2ccc3cn[nH]c3c2)cc1. The number of H-pyrrole nitrogens is 1. The van der Waals surface area contributed by atoms with E-state index in [1.54, 1.807) is 7.11 Å². The minimum absolute atomic E-state index is 0.253. The first-order valence-corrected chi connectivity index (χ1v) is 8.10. The van der Waals surface area contributed by atoms with Crippen LogP contribution in [0.4, 0.5) is 0 Å². The molecule has 24 heavy (non-hydrogen) atoms. The number of aromatic nitrogens is 2. The molecule has 1 atom stereocenters. The Kier molecular flexibility index (Phi) is 5.13. The smallest absolute Gasteiger partial charge is 0.118 e. The Labute approximate surface area is 142 Å². The minimum Gasteiger partial charge on any atom is -0.497 e. The first-order chi connectivity index (χ1) is 11.7. The van der Waals surface area contributed by atoms with Crippen molar-refractivity contribution in [3.05, 3.63) is 59.8 Å². The van der Waals surface area contributed by atoms with Gasteiger partial charge >= 0.3 is 0 Å². The van der Waals surface area contributed by atoms with Crippen LogP contribution in [0.15, 0.2) is 48.7 Å². The zero-order valence-electron chi connectivity index (χ0n) is 14.4. The fourth-order valence-corrected chi connectivity index (χ4v) is 2.82. The van der Waals surface area contributed by atoms with Gasteiger partial charge in [0.15, 0.2) is 0 Å². The van der Waals surface area contributed by atoms with E-state index in [2.05, 4.69) is 64.8 Å². The van der Waals surface area contributed by atoms with E-state index < -0.39 is 0 Å². The summed E-state index contributed by atoms with van der Waals surface area (Å²) < 4.78 is 5.25. The first kappa shape index (κ1) is 16.5. The van der Waals surface area contributed by atoms with E-state index in [9.17, 15) is 0 Å². The van der Waals surface area contributed by atoms with Crippen molar-refractivity contribution >= 4 is 10.9 Å². The van der Waals surface area contributed by atoms with Gasteiger partial charge in [-0.05, 0) is 43.4 Å². The van der Waals surface area contributed by atoms with Gasteiger partial charge in [0.1, 0.15) is 5.75 Å². The fourth-order valence-electron chi connectivity index (χ4n) is 2.82. The highest BCUT2D eigenvalue weighted by molar-refractivity contribution is 5.78. The van der Waals surface area contributed by atoms with E-state index in [0.29, 0.717) is 0 Å². The molecule has 0 spiro atoms. The molecule has 0 bridgehead atoms. The average molecular weight is 324 g/mol. The molecule has 2 N–H and O–H groups in total. The number of fused-ring (bicyclic) bond motifs is 1. The molecule has 0 saturated carbocycles. The van der Waals surface area contributed by atoms with Gasteiger partial charge in [-0.2, -0.15) is 5.10 Å². The maximum Gasteiger partial charge on any atom is 0.118 e. The van der Waals surface area contributed by atoms with Crippen LogP contribution in [0.1, 0.15) is 17.2 Å². The molecule has 0 saturated heterocycles. The molecule has 0 aliphatic heterocycles. The van der Waals surface area contributed by atoms with Gasteiger partial charge < -0.3 is 15.0 Å². The highest BCUT2D eigenvalue weighted by atomic mass is 16.5. The molecule has 5 nitrogen and oxygen atoms in total. The van der Waals surface area contributed by atoms with Gasteiger partial charge in [-0.15, -0.1) is 0 Å². The lowest BCUT2D eigenvalue weighted by Crippen LogP contribution is -2.30. The van der Waals surface area contributed by atoms with Gasteiger partial charge in [0.2, 0.25) is 0 Å². The lowest BCUT2D eigenvalue weighted by Gasteiger charge is -2.23.